The van der Waals surface area contributed by atoms with Crippen LogP contribution in [0.25, 0.3) is 0 Å². The maximum Gasteiger partial charge on any atom is 0.352 e. The van der Waals surface area contributed by atoms with Crippen LogP contribution in [-0.4, -0.2) is 18.7 Å². The van der Waals surface area contributed by atoms with Crippen molar-refractivity contribution in [2.24, 2.45) is 5.73 Å². The van der Waals surface area contributed by atoms with Crippen molar-refractivity contribution < 1.29 is 23.7 Å². The normalized spacial score (nSPS) is 15.2. The van der Waals surface area contributed by atoms with E-state index in [4.69, 9.17) is 24.7 Å². The molecule has 2 atom stereocenters. The number of carbonyl (C=O) groups excluding carboxylic acids is 1. The topological polar surface area (TPSA) is 104 Å². The smallest absolute Gasteiger partial charge is 0.352 e. The van der Waals surface area contributed by atoms with Gasteiger partial charge in [-0.25, -0.2) is 4.79 Å². The fourth-order valence-electron chi connectivity index (χ4n) is 4.20. The van der Waals surface area contributed by atoms with Crippen LogP contribution in [0.5, 0.6) is 23.0 Å². The SMILES string of the molecule is CCCOc1ccc(C2C(C#N)=C(N)Oc3cc(OC(=O)C(C)Oc4ccc(C(C)C)cc4)ccc32)cc1. The molecule has 0 amide bonds. The Morgan fingerprint density at radius 2 is 1.66 bits per heavy atom. The van der Waals surface area contributed by atoms with Crippen LogP contribution < -0.4 is 24.7 Å². The van der Waals surface area contributed by atoms with Crippen LogP contribution in [-0.2, 0) is 4.79 Å². The minimum atomic E-state index is -0.826. The Kier molecular flexibility index (Phi) is 8.22. The second kappa shape index (κ2) is 11.7. The summed E-state index contributed by atoms with van der Waals surface area (Å²) in [6.07, 6.45) is 0.0871. The maximum absolute atomic E-state index is 12.7. The summed E-state index contributed by atoms with van der Waals surface area (Å²) in [5.74, 6) is 1.50. The van der Waals surface area contributed by atoms with E-state index in [-0.39, 0.29) is 11.6 Å². The summed E-state index contributed by atoms with van der Waals surface area (Å²) < 4.78 is 22.8. The molecule has 0 aliphatic carbocycles. The molecular weight excluding hydrogens is 480 g/mol. The Balaban J connectivity index is 1.51. The molecule has 0 saturated carbocycles. The summed E-state index contributed by atoms with van der Waals surface area (Å²) >= 11 is 0. The summed E-state index contributed by atoms with van der Waals surface area (Å²) in [6.45, 7) is 8.54. The van der Waals surface area contributed by atoms with Crippen LogP contribution in [0.4, 0.5) is 0 Å². The van der Waals surface area contributed by atoms with Crippen molar-refractivity contribution in [3.63, 3.8) is 0 Å². The molecule has 2 N–H and O–H groups in total. The van der Waals surface area contributed by atoms with Gasteiger partial charge in [0.2, 0.25) is 5.88 Å². The molecule has 4 rings (SSSR count). The van der Waals surface area contributed by atoms with Gasteiger partial charge in [-0.2, -0.15) is 5.26 Å². The number of benzene rings is 3. The van der Waals surface area contributed by atoms with E-state index in [1.165, 1.54) is 5.56 Å². The third kappa shape index (κ3) is 5.92. The molecule has 7 heteroatoms. The number of ether oxygens (including phenoxy) is 4. The number of fused-ring (bicyclic) bond motifs is 1. The number of rotatable bonds is 9. The predicted octanol–water partition coefficient (Wildman–Crippen LogP) is 6.19. The summed E-state index contributed by atoms with van der Waals surface area (Å²) in [7, 11) is 0. The highest BCUT2D eigenvalue weighted by molar-refractivity contribution is 5.77. The van der Waals surface area contributed by atoms with Gasteiger partial charge in [0.1, 0.15) is 34.6 Å². The number of nitrogens with two attached hydrogens (primary N) is 1. The van der Waals surface area contributed by atoms with Crippen molar-refractivity contribution in [3.05, 3.63) is 94.9 Å². The van der Waals surface area contributed by atoms with Crippen molar-refractivity contribution in [1.29, 1.82) is 5.26 Å². The second-order valence-corrected chi connectivity index (χ2v) is 9.45. The van der Waals surface area contributed by atoms with Crippen LogP contribution in [0.3, 0.4) is 0 Å². The van der Waals surface area contributed by atoms with E-state index in [0.717, 1.165) is 23.3 Å². The van der Waals surface area contributed by atoms with Gasteiger partial charge in [0.05, 0.1) is 12.5 Å². The molecule has 2 unspecified atom stereocenters. The fourth-order valence-corrected chi connectivity index (χ4v) is 4.20. The van der Waals surface area contributed by atoms with E-state index in [1.807, 2.05) is 55.5 Å². The van der Waals surface area contributed by atoms with Crippen molar-refractivity contribution in [3.8, 4) is 29.1 Å². The molecule has 0 aromatic heterocycles. The zero-order chi connectivity index (χ0) is 27.2. The lowest BCUT2D eigenvalue weighted by Crippen LogP contribution is -2.28. The van der Waals surface area contributed by atoms with Crippen LogP contribution in [0.15, 0.2) is 78.2 Å². The van der Waals surface area contributed by atoms with Crippen LogP contribution >= 0.6 is 0 Å². The number of carbonyl (C=O) groups is 1. The van der Waals surface area contributed by atoms with Gasteiger partial charge in [-0.15, -0.1) is 0 Å². The Labute approximate surface area is 223 Å². The highest BCUT2D eigenvalue weighted by atomic mass is 16.6. The molecule has 0 saturated heterocycles. The number of nitrogens with zero attached hydrogens (tertiary/aromatic N) is 1. The fraction of sp³-hybridized carbons (Fsp3) is 0.290. The van der Waals surface area contributed by atoms with E-state index < -0.39 is 18.0 Å². The van der Waals surface area contributed by atoms with Crippen molar-refractivity contribution in [2.75, 3.05) is 6.61 Å². The molecule has 0 bridgehead atoms. The number of nitriles is 1. The van der Waals surface area contributed by atoms with Gasteiger partial charge in [-0.1, -0.05) is 51.1 Å². The third-order valence-corrected chi connectivity index (χ3v) is 6.29. The molecule has 0 spiro atoms. The molecule has 0 radical (unpaired) electrons. The largest absolute Gasteiger partial charge is 0.494 e. The zero-order valence-corrected chi connectivity index (χ0v) is 22.1. The monoisotopic (exact) mass is 512 g/mol. The molecule has 3 aromatic rings. The van der Waals surface area contributed by atoms with Gasteiger partial charge in [0, 0.05) is 11.6 Å². The Morgan fingerprint density at radius 1 is 1.00 bits per heavy atom. The molecule has 3 aromatic carbocycles. The van der Waals surface area contributed by atoms with Gasteiger partial charge in [-0.3, -0.25) is 0 Å². The minimum absolute atomic E-state index is 0.0151. The summed E-state index contributed by atoms with van der Waals surface area (Å²) in [6, 6.07) is 22.5. The first-order chi connectivity index (χ1) is 18.3. The van der Waals surface area contributed by atoms with Gasteiger partial charge in [0.25, 0.3) is 0 Å². The molecule has 1 aliphatic rings. The molecule has 1 heterocycles. The van der Waals surface area contributed by atoms with Crippen LogP contribution in [0.2, 0.25) is 0 Å². The molecule has 1 aliphatic heterocycles. The average Bonchev–Trinajstić information content (AvgIpc) is 2.91. The summed E-state index contributed by atoms with van der Waals surface area (Å²) in [5, 5.41) is 9.81. The minimum Gasteiger partial charge on any atom is -0.494 e. The molecule has 38 heavy (non-hydrogen) atoms. The van der Waals surface area contributed by atoms with E-state index in [9.17, 15) is 10.1 Å². The van der Waals surface area contributed by atoms with Gasteiger partial charge in [-0.05, 0) is 60.7 Å². The highest BCUT2D eigenvalue weighted by Crippen LogP contribution is 2.43. The maximum atomic E-state index is 12.7. The summed E-state index contributed by atoms with van der Waals surface area (Å²) in [4.78, 5) is 12.7. The summed E-state index contributed by atoms with van der Waals surface area (Å²) in [5.41, 5.74) is 9.24. The lowest BCUT2D eigenvalue weighted by atomic mass is 9.83. The third-order valence-electron chi connectivity index (χ3n) is 6.29. The average molecular weight is 513 g/mol. The number of hydrogen-bond acceptors (Lipinski definition) is 7. The highest BCUT2D eigenvalue weighted by Gasteiger charge is 2.31. The Bertz CT molecular complexity index is 1350. The Morgan fingerprint density at radius 3 is 2.29 bits per heavy atom. The van der Waals surface area contributed by atoms with Crippen molar-refractivity contribution >= 4 is 5.97 Å². The molecule has 0 fully saturated rings. The lowest BCUT2D eigenvalue weighted by Gasteiger charge is -2.27. The Hall–Kier alpha value is -4.44. The molecular formula is C31H32N2O5. The van der Waals surface area contributed by atoms with E-state index in [2.05, 4.69) is 19.9 Å². The van der Waals surface area contributed by atoms with Gasteiger partial charge >= 0.3 is 5.97 Å². The number of allylic oxidation sites excluding steroid dienone is 1. The lowest BCUT2D eigenvalue weighted by molar-refractivity contribution is -0.141. The van der Waals surface area contributed by atoms with E-state index in [0.29, 0.717) is 29.6 Å². The second-order valence-electron chi connectivity index (χ2n) is 9.45. The first kappa shape index (κ1) is 26.6. The van der Waals surface area contributed by atoms with E-state index >= 15 is 0 Å². The zero-order valence-electron chi connectivity index (χ0n) is 22.1. The predicted molar refractivity (Wildman–Crippen MR) is 144 cm³/mol. The van der Waals surface area contributed by atoms with Gasteiger partial charge in [0.15, 0.2) is 6.10 Å². The van der Waals surface area contributed by atoms with Crippen molar-refractivity contribution in [2.45, 2.75) is 52.1 Å². The first-order valence-corrected chi connectivity index (χ1v) is 12.7. The molecule has 196 valence electrons. The van der Waals surface area contributed by atoms with Gasteiger partial charge < -0.3 is 24.7 Å². The van der Waals surface area contributed by atoms with E-state index in [1.54, 1.807) is 25.1 Å². The number of hydrogen-bond donors (Lipinski definition) is 1. The molecule has 7 nitrogen and oxygen atoms in total. The standard InChI is InChI=1S/C31H32N2O5/c1-5-16-35-23-10-8-22(9-11-23)29-26-15-14-25(17-28(26)38-30(33)27(29)18-32)37-31(34)20(4)36-24-12-6-21(7-13-24)19(2)3/h6-15,17,19-20,29H,5,16,33H2,1-4H3. The van der Waals surface area contributed by atoms with Crippen molar-refractivity contribution in [1.82, 2.24) is 0 Å². The quantitative estimate of drug-likeness (QED) is 0.269. The first-order valence-electron chi connectivity index (χ1n) is 12.7. The van der Waals surface area contributed by atoms with Crippen LogP contribution in [0.1, 0.15) is 62.6 Å². The number of esters is 1. The van der Waals surface area contributed by atoms with Crippen LogP contribution in [0, 0.1) is 11.3 Å².